The highest BCUT2D eigenvalue weighted by molar-refractivity contribution is 6.30. The zero-order valence-corrected chi connectivity index (χ0v) is 20.9. The highest BCUT2D eigenvalue weighted by Gasteiger charge is 2.45. The number of anilines is 4. The lowest BCUT2D eigenvalue weighted by Gasteiger charge is -2.19. The lowest BCUT2D eigenvalue weighted by Crippen LogP contribution is -2.37. The Bertz CT molecular complexity index is 1260. The van der Waals surface area contributed by atoms with Gasteiger partial charge in [0.2, 0.25) is 11.9 Å². The Balaban J connectivity index is 1.53. The van der Waals surface area contributed by atoms with Gasteiger partial charge in [0.25, 0.3) is 0 Å². The van der Waals surface area contributed by atoms with Crippen molar-refractivity contribution in [1.29, 1.82) is 0 Å². The molecule has 1 saturated carbocycles. The average molecular weight is 552 g/mol. The topological polar surface area (TPSA) is 136 Å². The number of halogens is 4. The molecule has 0 aliphatic heterocycles. The summed E-state index contributed by atoms with van der Waals surface area (Å²) in [5.41, 5.74) is 7.20. The normalized spacial score (nSPS) is 14.8. The largest absolute Gasteiger partial charge is 0.467 e. The zero-order valence-electron chi connectivity index (χ0n) is 20.2. The minimum atomic E-state index is -4.57. The molecule has 5 N–H and O–H groups in total. The van der Waals surface area contributed by atoms with Crippen LogP contribution in [-0.4, -0.2) is 53.4 Å². The molecule has 3 aromatic rings. The van der Waals surface area contributed by atoms with E-state index in [9.17, 15) is 18.0 Å². The molecule has 10 nitrogen and oxygen atoms in total. The van der Waals surface area contributed by atoms with Gasteiger partial charge in [0.1, 0.15) is 6.04 Å². The number of carbonyl (C=O) groups excluding carboxylic acids is 1. The van der Waals surface area contributed by atoms with Gasteiger partial charge in [-0.25, -0.2) is 4.79 Å². The first-order valence-corrected chi connectivity index (χ1v) is 11.9. The van der Waals surface area contributed by atoms with E-state index in [0.717, 1.165) is 18.4 Å². The second-order valence-corrected chi connectivity index (χ2v) is 8.98. The number of methoxy groups -OCH3 is 1. The Hall–Kier alpha value is -3.84. The van der Waals surface area contributed by atoms with Crippen molar-refractivity contribution in [1.82, 2.24) is 15.0 Å². The van der Waals surface area contributed by atoms with Crippen LogP contribution in [0, 0.1) is 0 Å². The quantitative estimate of drug-likeness (QED) is 0.256. The van der Waals surface area contributed by atoms with Gasteiger partial charge in [-0.15, -0.1) is 0 Å². The molecular formula is C24H25ClF3N7O3. The second-order valence-electron chi connectivity index (χ2n) is 8.54. The van der Waals surface area contributed by atoms with Crippen molar-refractivity contribution in [2.75, 3.05) is 36.2 Å². The molecule has 1 aromatic heterocycles. The second kappa shape index (κ2) is 11.3. The number of hydrogen-bond donors (Lipinski definition) is 4. The third-order valence-corrected chi connectivity index (χ3v) is 5.93. The number of carbonyl (C=O) groups is 1. The first kappa shape index (κ1) is 27.2. The molecule has 0 radical (unpaired) electrons. The van der Waals surface area contributed by atoms with Gasteiger partial charge in [-0.1, -0.05) is 23.7 Å². The van der Waals surface area contributed by atoms with Gasteiger partial charge in [-0.3, -0.25) is 0 Å². The third-order valence-electron chi connectivity index (χ3n) is 5.68. The summed E-state index contributed by atoms with van der Waals surface area (Å²) in [4.78, 5) is 24.1. The summed E-state index contributed by atoms with van der Waals surface area (Å²) in [6, 6.07) is 12.7. The van der Waals surface area contributed by atoms with E-state index in [2.05, 4.69) is 30.9 Å². The summed E-state index contributed by atoms with van der Waals surface area (Å²) in [5, 5.41) is 9.69. The van der Waals surface area contributed by atoms with Gasteiger partial charge in [0.15, 0.2) is 6.61 Å². The van der Waals surface area contributed by atoms with Crippen molar-refractivity contribution < 1.29 is 27.4 Å². The molecule has 1 heterocycles. The van der Waals surface area contributed by atoms with Gasteiger partial charge in [-0.2, -0.15) is 28.1 Å². The molecule has 0 spiro atoms. The number of nitrogens with two attached hydrogens (primary N) is 1. The Labute approximate surface area is 221 Å². The van der Waals surface area contributed by atoms with Crippen molar-refractivity contribution in [2.24, 2.45) is 5.73 Å². The molecule has 202 valence electrons. The van der Waals surface area contributed by atoms with Crippen molar-refractivity contribution in [3.8, 4) is 6.01 Å². The number of ether oxygens (including phenoxy) is 2. The number of benzene rings is 2. The van der Waals surface area contributed by atoms with Crippen LogP contribution in [0.2, 0.25) is 5.02 Å². The monoisotopic (exact) mass is 551 g/mol. The Morgan fingerprint density at radius 2 is 1.68 bits per heavy atom. The molecular weight excluding hydrogens is 527 g/mol. The number of rotatable bonds is 11. The van der Waals surface area contributed by atoms with Crippen LogP contribution in [0.5, 0.6) is 6.01 Å². The predicted octanol–water partition coefficient (Wildman–Crippen LogP) is 4.22. The SMILES string of the molecule is COC(=O)[C@H](CN)Nc1ccc(Nc2nc(NC3(c4ccc(Cl)cc4)CC3)nc(OCC(F)(F)F)n2)cc1. The summed E-state index contributed by atoms with van der Waals surface area (Å²) >= 11 is 5.99. The summed E-state index contributed by atoms with van der Waals surface area (Å²) < 4.78 is 47.8. The van der Waals surface area contributed by atoms with E-state index in [4.69, 9.17) is 26.8 Å². The minimum absolute atomic E-state index is 0.0262. The Morgan fingerprint density at radius 1 is 1.05 bits per heavy atom. The molecule has 38 heavy (non-hydrogen) atoms. The fourth-order valence-electron chi connectivity index (χ4n) is 3.61. The van der Waals surface area contributed by atoms with E-state index in [-0.39, 0.29) is 18.4 Å². The van der Waals surface area contributed by atoms with Crippen LogP contribution in [0.3, 0.4) is 0 Å². The maximum atomic E-state index is 12.8. The first-order valence-electron chi connectivity index (χ1n) is 11.5. The summed E-state index contributed by atoms with van der Waals surface area (Å²) in [7, 11) is 1.27. The number of esters is 1. The van der Waals surface area contributed by atoms with Crippen molar-refractivity contribution in [3.05, 3.63) is 59.1 Å². The molecule has 0 unspecified atom stereocenters. The summed E-state index contributed by atoms with van der Waals surface area (Å²) in [6.07, 6.45) is -3.03. The summed E-state index contributed by atoms with van der Waals surface area (Å²) in [5.74, 6) is -0.478. The van der Waals surface area contributed by atoms with E-state index < -0.39 is 36.3 Å². The standard InChI is InChI=1S/C24H25ClF3N7O3/c1-37-19(36)18(12-29)30-16-6-8-17(9-7-16)31-20-32-21(34-22(33-20)38-13-24(26,27)28)35-23(10-11-23)14-2-4-15(25)5-3-14/h2-9,18,30H,10-13,29H2,1H3,(H2,31,32,33,34,35)/t18-/m0/s1. The molecule has 14 heteroatoms. The fourth-order valence-corrected chi connectivity index (χ4v) is 3.74. The maximum Gasteiger partial charge on any atom is 0.422 e. The van der Waals surface area contributed by atoms with Crippen LogP contribution in [-0.2, 0) is 15.1 Å². The van der Waals surface area contributed by atoms with Crippen molar-refractivity contribution in [2.45, 2.75) is 30.6 Å². The van der Waals surface area contributed by atoms with Crippen LogP contribution in [0.15, 0.2) is 48.5 Å². The van der Waals surface area contributed by atoms with Gasteiger partial charge < -0.3 is 31.2 Å². The molecule has 1 fully saturated rings. The summed E-state index contributed by atoms with van der Waals surface area (Å²) in [6.45, 7) is -1.52. The molecule has 0 bridgehead atoms. The number of hydrogen-bond acceptors (Lipinski definition) is 10. The molecule has 2 aromatic carbocycles. The lowest BCUT2D eigenvalue weighted by molar-refractivity contribution is -0.154. The van der Waals surface area contributed by atoms with Crippen molar-refractivity contribution in [3.63, 3.8) is 0 Å². The van der Waals surface area contributed by atoms with Gasteiger partial charge in [-0.05, 0) is 54.8 Å². The molecule has 0 amide bonds. The average Bonchev–Trinajstić information content (AvgIpc) is 3.66. The van der Waals surface area contributed by atoms with Crippen LogP contribution in [0.4, 0.5) is 36.4 Å². The lowest BCUT2D eigenvalue weighted by atomic mass is 10.1. The number of alkyl halides is 3. The van der Waals surface area contributed by atoms with Crippen LogP contribution in [0.1, 0.15) is 18.4 Å². The Kier molecular flexibility index (Phi) is 8.07. The maximum absolute atomic E-state index is 12.8. The highest BCUT2D eigenvalue weighted by Crippen LogP contribution is 2.48. The predicted molar refractivity (Wildman–Crippen MR) is 136 cm³/mol. The third kappa shape index (κ3) is 7.13. The molecule has 1 atom stereocenters. The van der Waals surface area contributed by atoms with Gasteiger partial charge >= 0.3 is 18.2 Å². The van der Waals surface area contributed by atoms with Crippen molar-refractivity contribution >= 4 is 40.8 Å². The van der Waals surface area contributed by atoms with Crippen LogP contribution in [0.25, 0.3) is 0 Å². The number of nitrogens with one attached hydrogen (secondary N) is 3. The van der Waals surface area contributed by atoms with E-state index in [1.54, 1.807) is 36.4 Å². The minimum Gasteiger partial charge on any atom is -0.467 e. The number of nitrogens with zero attached hydrogens (tertiary/aromatic N) is 3. The van der Waals surface area contributed by atoms with Crippen LogP contribution >= 0.6 is 11.6 Å². The number of aromatic nitrogens is 3. The van der Waals surface area contributed by atoms with E-state index >= 15 is 0 Å². The van der Waals surface area contributed by atoms with Gasteiger partial charge in [0.05, 0.1) is 12.6 Å². The molecule has 4 rings (SSSR count). The Morgan fingerprint density at radius 3 is 2.26 bits per heavy atom. The molecule has 1 aliphatic carbocycles. The zero-order chi connectivity index (χ0) is 27.3. The smallest absolute Gasteiger partial charge is 0.422 e. The van der Waals surface area contributed by atoms with Crippen LogP contribution < -0.4 is 26.4 Å². The van der Waals surface area contributed by atoms with E-state index in [0.29, 0.717) is 16.4 Å². The van der Waals surface area contributed by atoms with E-state index in [1.165, 1.54) is 7.11 Å². The van der Waals surface area contributed by atoms with Gasteiger partial charge in [0, 0.05) is 22.9 Å². The first-order chi connectivity index (χ1) is 18.1. The fraction of sp³-hybridized carbons (Fsp3) is 0.333. The highest BCUT2D eigenvalue weighted by atomic mass is 35.5. The van der Waals surface area contributed by atoms with E-state index in [1.807, 2.05) is 12.1 Å². The molecule has 0 saturated heterocycles. The molecule has 1 aliphatic rings.